The van der Waals surface area contributed by atoms with Crippen LogP contribution in [-0.2, 0) is 0 Å². The summed E-state index contributed by atoms with van der Waals surface area (Å²) in [5.41, 5.74) is 4.35. The summed E-state index contributed by atoms with van der Waals surface area (Å²) in [6, 6.07) is 10.7. The molecule has 1 aliphatic heterocycles. The SMILES string of the molecule is O=C(O)c1ccc(C=C2C=C(c3ccncc3)C=CN2)cc1. The minimum Gasteiger partial charge on any atom is -0.478 e. The second-order valence-corrected chi connectivity index (χ2v) is 4.84. The van der Waals surface area contributed by atoms with Crippen LogP contribution in [0.1, 0.15) is 21.5 Å². The summed E-state index contributed by atoms with van der Waals surface area (Å²) < 4.78 is 0. The minimum absolute atomic E-state index is 0.284. The van der Waals surface area contributed by atoms with E-state index >= 15 is 0 Å². The highest BCUT2D eigenvalue weighted by atomic mass is 16.4. The molecule has 2 aromatic rings. The number of pyridine rings is 1. The summed E-state index contributed by atoms with van der Waals surface area (Å²) in [6.45, 7) is 0. The molecule has 22 heavy (non-hydrogen) atoms. The maximum Gasteiger partial charge on any atom is 0.335 e. The molecule has 2 heterocycles. The molecule has 0 aliphatic carbocycles. The fraction of sp³-hybridized carbons (Fsp3) is 0. The molecule has 1 aromatic heterocycles. The van der Waals surface area contributed by atoms with Gasteiger partial charge in [-0.1, -0.05) is 12.1 Å². The van der Waals surface area contributed by atoms with Gasteiger partial charge >= 0.3 is 5.97 Å². The molecule has 1 aromatic carbocycles. The van der Waals surface area contributed by atoms with E-state index < -0.39 is 5.97 Å². The van der Waals surface area contributed by atoms with Gasteiger partial charge in [-0.2, -0.15) is 0 Å². The highest BCUT2D eigenvalue weighted by molar-refractivity contribution is 5.88. The topological polar surface area (TPSA) is 62.2 Å². The first kappa shape index (κ1) is 13.8. The standard InChI is InChI=1S/C18H14N2O2/c21-18(22)15-3-1-13(2-4-15)11-17-12-16(7-10-20-17)14-5-8-19-9-6-14/h1-12,20H,(H,21,22). The Morgan fingerprint density at radius 1 is 1.09 bits per heavy atom. The highest BCUT2D eigenvalue weighted by Crippen LogP contribution is 2.20. The third-order valence-electron chi connectivity index (χ3n) is 3.32. The van der Waals surface area contributed by atoms with Crippen molar-refractivity contribution in [2.24, 2.45) is 0 Å². The molecule has 3 rings (SSSR count). The number of allylic oxidation sites excluding steroid dienone is 3. The molecule has 108 valence electrons. The zero-order valence-corrected chi connectivity index (χ0v) is 11.7. The first-order valence-electron chi connectivity index (χ1n) is 6.82. The number of carboxylic acid groups (broad SMARTS) is 1. The Labute approximate surface area is 128 Å². The van der Waals surface area contributed by atoms with E-state index in [9.17, 15) is 4.79 Å². The lowest BCUT2D eigenvalue weighted by molar-refractivity contribution is 0.0697. The van der Waals surface area contributed by atoms with Gasteiger partial charge in [-0.3, -0.25) is 4.98 Å². The molecular weight excluding hydrogens is 276 g/mol. The Hall–Kier alpha value is -3.14. The molecule has 0 saturated carbocycles. The van der Waals surface area contributed by atoms with Crippen molar-refractivity contribution in [3.05, 3.63) is 89.5 Å². The van der Waals surface area contributed by atoms with Crippen molar-refractivity contribution in [3.8, 4) is 0 Å². The number of nitrogens with one attached hydrogen (secondary N) is 1. The lowest BCUT2D eigenvalue weighted by atomic mass is 10.0. The third-order valence-corrected chi connectivity index (χ3v) is 3.32. The van der Waals surface area contributed by atoms with E-state index in [2.05, 4.69) is 10.3 Å². The highest BCUT2D eigenvalue weighted by Gasteiger charge is 2.05. The van der Waals surface area contributed by atoms with Crippen LogP contribution >= 0.6 is 0 Å². The van der Waals surface area contributed by atoms with Gasteiger partial charge in [0, 0.05) is 24.3 Å². The summed E-state index contributed by atoms with van der Waals surface area (Å²) in [7, 11) is 0. The fourth-order valence-electron chi connectivity index (χ4n) is 2.19. The molecule has 0 amide bonds. The molecule has 0 saturated heterocycles. The second-order valence-electron chi connectivity index (χ2n) is 4.84. The van der Waals surface area contributed by atoms with Crippen LogP contribution in [0.2, 0.25) is 0 Å². The molecule has 4 heteroatoms. The number of aromatic carboxylic acids is 1. The van der Waals surface area contributed by atoms with Crippen LogP contribution in [0.25, 0.3) is 11.6 Å². The van der Waals surface area contributed by atoms with E-state index in [0.29, 0.717) is 0 Å². The van der Waals surface area contributed by atoms with Gasteiger partial charge in [0.05, 0.1) is 5.56 Å². The number of rotatable bonds is 3. The van der Waals surface area contributed by atoms with Crippen LogP contribution in [0, 0.1) is 0 Å². The third kappa shape index (κ3) is 3.12. The molecule has 0 radical (unpaired) electrons. The van der Waals surface area contributed by atoms with Crippen LogP contribution in [0.4, 0.5) is 0 Å². The largest absolute Gasteiger partial charge is 0.478 e. The van der Waals surface area contributed by atoms with E-state index in [0.717, 1.165) is 22.4 Å². The Morgan fingerprint density at radius 3 is 2.50 bits per heavy atom. The van der Waals surface area contributed by atoms with Gasteiger partial charge < -0.3 is 10.4 Å². The average molecular weight is 290 g/mol. The van der Waals surface area contributed by atoms with Crippen molar-refractivity contribution in [3.63, 3.8) is 0 Å². The number of dihydropyridines is 1. The molecular formula is C18H14N2O2. The number of aromatic nitrogens is 1. The van der Waals surface area contributed by atoms with Crippen LogP contribution < -0.4 is 5.32 Å². The van der Waals surface area contributed by atoms with E-state index in [4.69, 9.17) is 5.11 Å². The average Bonchev–Trinajstić information content (AvgIpc) is 2.56. The quantitative estimate of drug-likeness (QED) is 0.910. The predicted octanol–water partition coefficient (Wildman–Crippen LogP) is 3.32. The van der Waals surface area contributed by atoms with Gasteiger partial charge in [-0.05, 0) is 59.2 Å². The smallest absolute Gasteiger partial charge is 0.335 e. The summed E-state index contributed by atoms with van der Waals surface area (Å²) in [6.07, 6.45) is 11.4. The Balaban J connectivity index is 1.87. The zero-order chi connectivity index (χ0) is 15.4. The minimum atomic E-state index is -0.919. The van der Waals surface area contributed by atoms with Crippen molar-refractivity contribution >= 4 is 17.6 Å². The van der Waals surface area contributed by atoms with Gasteiger partial charge in [-0.15, -0.1) is 0 Å². The monoisotopic (exact) mass is 290 g/mol. The Bertz CT molecular complexity index is 772. The number of nitrogens with zero attached hydrogens (tertiary/aromatic N) is 1. The lowest BCUT2D eigenvalue weighted by Gasteiger charge is -2.12. The first-order valence-corrected chi connectivity index (χ1v) is 6.82. The number of hydrogen-bond donors (Lipinski definition) is 2. The summed E-state index contributed by atoms with van der Waals surface area (Å²) >= 11 is 0. The molecule has 4 nitrogen and oxygen atoms in total. The van der Waals surface area contributed by atoms with E-state index in [1.165, 1.54) is 0 Å². The van der Waals surface area contributed by atoms with Crippen LogP contribution in [0.15, 0.2) is 72.8 Å². The predicted molar refractivity (Wildman–Crippen MR) is 85.9 cm³/mol. The van der Waals surface area contributed by atoms with E-state index in [1.807, 2.05) is 36.6 Å². The molecule has 0 spiro atoms. The molecule has 1 aliphatic rings. The van der Waals surface area contributed by atoms with Crippen molar-refractivity contribution < 1.29 is 9.90 Å². The van der Waals surface area contributed by atoms with Crippen molar-refractivity contribution in [2.45, 2.75) is 0 Å². The molecule has 0 atom stereocenters. The normalized spacial score (nSPS) is 15.3. The van der Waals surface area contributed by atoms with Gasteiger partial charge in [0.25, 0.3) is 0 Å². The van der Waals surface area contributed by atoms with Crippen molar-refractivity contribution in [1.29, 1.82) is 0 Å². The van der Waals surface area contributed by atoms with E-state index in [1.54, 1.807) is 36.7 Å². The summed E-state index contributed by atoms with van der Waals surface area (Å²) in [4.78, 5) is 14.9. The Kier molecular flexibility index (Phi) is 3.83. The Morgan fingerprint density at radius 2 is 1.82 bits per heavy atom. The molecule has 0 bridgehead atoms. The van der Waals surface area contributed by atoms with Gasteiger partial charge in [-0.25, -0.2) is 4.79 Å². The second kappa shape index (κ2) is 6.10. The molecule has 0 fully saturated rings. The first-order chi connectivity index (χ1) is 10.7. The summed E-state index contributed by atoms with van der Waals surface area (Å²) in [5.74, 6) is -0.919. The number of hydrogen-bond acceptors (Lipinski definition) is 3. The van der Waals surface area contributed by atoms with Gasteiger partial charge in [0.2, 0.25) is 0 Å². The van der Waals surface area contributed by atoms with Crippen LogP contribution in [0.5, 0.6) is 0 Å². The maximum atomic E-state index is 10.9. The summed E-state index contributed by atoms with van der Waals surface area (Å²) in [5, 5.41) is 12.1. The van der Waals surface area contributed by atoms with Crippen LogP contribution in [-0.4, -0.2) is 16.1 Å². The van der Waals surface area contributed by atoms with Crippen LogP contribution in [0.3, 0.4) is 0 Å². The van der Waals surface area contributed by atoms with Gasteiger partial charge in [0.15, 0.2) is 0 Å². The van der Waals surface area contributed by atoms with Gasteiger partial charge in [0.1, 0.15) is 0 Å². The zero-order valence-electron chi connectivity index (χ0n) is 11.7. The lowest BCUT2D eigenvalue weighted by Crippen LogP contribution is -2.06. The molecule has 0 unspecified atom stereocenters. The van der Waals surface area contributed by atoms with E-state index in [-0.39, 0.29) is 5.56 Å². The van der Waals surface area contributed by atoms with Crippen molar-refractivity contribution in [1.82, 2.24) is 10.3 Å². The number of carboxylic acids is 1. The number of carbonyl (C=O) groups is 1. The molecule has 2 N–H and O–H groups in total. The number of benzene rings is 1. The maximum absolute atomic E-state index is 10.9. The van der Waals surface area contributed by atoms with Crippen molar-refractivity contribution in [2.75, 3.05) is 0 Å². The fourth-order valence-corrected chi connectivity index (χ4v) is 2.19.